The van der Waals surface area contributed by atoms with Crippen LogP contribution in [0.2, 0.25) is 0 Å². The van der Waals surface area contributed by atoms with Gasteiger partial charge in [0.05, 0.1) is 6.10 Å². The van der Waals surface area contributed by atoms with Gasteiger partial charge in [-0.2, -0.15) is 0 Å². The van der Waals surface area contributed by atoms with E-state index in [9.17, 15) is 5.11 Å². The summed E-state index contributed by atoms with van der Waals surface area (Å²) < 4.78 is 0. The van der Waals surface area contributed by atoms with E-state index in [0.29, 0.717) is 13.1 Å². The van der Waals surface area contributed by atoms with Gasteiger partial charge < -0.3 is 14.9 Å². The SMILES string of the molecule is CN1CC(O)CN(C)C1=S. The van der Waals surface area contributed by atoms with E-state index in [-0.39, 0.29) is 6.10 Å². The van der Waals surface area contributed by atoms with Gasteiger partial charge in [0.15, 0.2) is 5.11 Å². The highest BCUT2D eigenvalue weighted by molar-refractivity contribution is 7.80. The van der Waals surface area contributed by atoms with Gasteiger partial charge in [0.25, 0.3) is 0 Å². The van der Waals surface area contributed by atoms with Crippen molar-refractivity contribution in [1.29, 1.82) is 0 Å². The topological polar surface area (TPSA) is 26.7 Å². The minimum atomic E-state index is -0.262. The summed E-state index contributed by atoms with van der Waals surface area (Å²) in [7, 11) is 3.78. The largest absolute Gasteiger partial charge is 0.389 e. The number of aliphatic hydroxyl groups is 1. The number of hydrogen-bond donors (Lipinski definition) is 1. The zero-order chi connectivity index (χ0) is 7.72. The van der Waals surface area contributed by atoms with Crippen LogP contribution in [0.3, 0.4) is 0 Å². The Bertz CT molecular complexity index is 137. The summed E-state index contributed by atoms with van der Waals surface area (Å²) in [4.78, 5) is 3.76. The molecule has 1 aliphatic heterocycles. The van der Waals surface area contributed by atoms with Crippen LogP contribution in [0, 0.1) is 0 Å². The molecule has 0 saturated carbocycles. The van der Waals surface area contributed by atoms with Crippen LogP contribution in [0.15, 0.2) is 0 Å². The number of hydrogen-bond acceptors (Lipinski definition) is 2. The molecule has 1 N–H and O–H groups in total. The molecule has 10 heavy (non-hydrogen) atoms. The summed E-state index contributed by atoms with van der Waals surface area (Å²) in [6, 6.07) is 0. The van der Waals surface area contributed by atoms with E-state index >= 15 is 0 Å². The van der Waals surface area contributed by atoms with Gasteiger partial charge in [-0.25, -0.2) is 0 Å². The second-order valence-electron chi connectivity index (χ2n) is 2.70. The standard InChI is InChI=1S/C6H12N2OS/c1-7-3-5(9)4-8(2)6(7)10/h5,9H,3-4H2,1-2H3. The van der Waals surface area contributed by atoms with Crippen molar-refractivity contribution in [3.63, 3.8) is 0 Å². The Morgan fingerprint density at radius 1 is 1.40 bits per heavy atom. The van der Waals surface area contributed by atoms with Crippen LogP contribution in [0.5, 0.6) is 0 Å². The first kappa shape index (κ1) is 7.75. The third kappa shape index (κ3) is 1.38. The van der Waals surface area contributed by atoms with Crippen molar-refractivity contribution in [2.24, 2.45) is 0 Å². The zero-order valence-electron chi connectivity index (χ0n) is 6.24. The third-order valence-electron chi connectivity index (χ3n) is 1.62. The first-order valence-electron chi connectivity index (χ1n) is 3.25. The van der Waals surface area contributed by atoms with Crippen LogP contribution >= 0.6 is 12.2 Å². The number of likely N-dealkylation sites (N-methyl/N-ethyl adjacent to an activating group) is 2. The van der Waals surface area contributed by atoms with Crippen molar-refractivity contribution in [2.45, 2.75) is 6.10 Å². The molecule has 0 aliphatic carbocycles. The highest BCUT2D eigenvalue weighted by atomic mass is 32.1. The van der Waals surface area contributed by atoms with Crippen molar-refractivity contribution in [1.82, 2.24) is 9.80 Å². The van der Waals surface area contributed by atoms with Crippen LogP contribution in [0.4, 0.5) is 0 Å². The van der Waals surface area contributed by atoms with Crippen LogP contribution in [-0.2, 0) is 0 Å². The van der Waals surface area contributed by atoms with E-state index in [0.717, 1.165) is 5.11 Å². The predicted molar refractivity (Wildman–Crippen MR) is 43.9 cm³/mol. The fourth-order valence-electron chi connectivity index (χ4n) is 1.14. The monoisotopic (exact) mass is 160 g/mol. The summed E-state index contributed by atoms with van der Waals surface area (Å²) in [5.41, 5.74) is 0. The van der Waals surface area contributed by atoms with Crippen molar-refractivity contribution in [2.75, 3.05) is 27.2 Å². The Morgan fingerprint density at radius 3 is 2.20 bits per heavy atom. The molecule has 1 fully saturated rings. The zero-order valence-corrected chi connectivity index (χ0v) is 7.06. The van der Waals surface area contributed by atoms with Crippen LogP contribution in [0.25, 0.3) is 0 Å². The van der Waals surface area contributed by atoms with Gasteiger partial charge in [-0.1, -0.05) is 0 Å². The number of thiocarbonyl (C=S) groups is 1. The molecule has 1 saturated heterocycles. The first-order chi connectivity index (χ1) is 4.61. The molecular weight excluding hydrogens is 148 g/mol. The third-order valence-corrected chi connectivity index (χ3v) is 2.25. The first-order valence-corrected chi connectivity index (χ1v) is 3.66. The maximum absolute atomic E-state index is 9.22. The molecule has 0 atom stereocenters. The van der Waals surface area contributed by atoms with Gasteiger partial charge in [-0.15, -0.1) is 0 Å². The molecular formula is C6H12N2OS. The molecule has 58 valence electrons. The highest BCUT2D eigenvalue weighted by Gasteiger charge is 2.21. The molecule has 0 bridgehead atoms. The molecule has 4 heteroatoms. The summed E-state index contributed by atoms with van der Waals surface area (Å²) in [6.07, 6.45) is -0.262. The fraction of sp³-hybridized carbons (Fsp3) is 0.833. The van der Waals surface area contributed by atoms with E-state index in [1.807, 2.05) is 23.9 Å². The van der Waals surface area contributed by atoms with Gasteiger partial charge in [0, 0.05) is 27.2 Å². The Kier molecular flexibility index (Phi) is 2.11. The maximum atomic E-state index is 9.22. The molecule has 1 rings (SSSR count). The van der Waals surface area contributed by atoms with E-state index in [2.05, 4.69) is 0 Å². The maximum Gasteiger partial charge on any atom is 0.171 e. The van der Waals surface area contributed by atoms with Crippen molar-refractivity contribution >= 4 is 17.3 Å². The Morgan fingerprint density at radius 2 is 1.80 bits per heavy atom. The Balaban J connectivity index is 2.57. The summed E-state index contributed by atoms with van der Waals surface area (Å²) in [5.74, 6) is 0. The van der Waals surface area contributed by atoms with Gasteiger partial charge in [-0.3, -0.25) is 0 Å². The number of rotatable bonds is 0. The molecule has 0 radical (unpaired) electrons. The molecule has 0 amide bonds. The van der Waals surface area contributed by atoms with E-state index in [4.69, 9.17) is 12.2 Å². The summed E-state index contributed by atoms with van der Waals surface area (Å²) in [5, 5.41) is 10.0. The number of nitrogens with zero attached hydrogens (tertiary/aromatic N) is 2. The van der Waals surface area contributed by atoms with Crippen LogP contribution < -0.4 is 0 Å². The molecule has 0 aromatic rings. The van der Waals surface area contributed by atoms with Gasteiger partial charge >= 0.3 is 0 Å². The van der Waals surface area contributed by atoms with Crippen molar-refractivity contribution < 1.29 is 5.11 Å². The minimum Gasteiger partial charge on any atom is -0.389 e. The Labute approximate surface area is 66.2 Å². The van der Waals surface area contributed by atoms with Crippen LogP contribution in [0.1, 0.15) is 0 Å². The lowest BCUT2D eigenvalue weighted by Gasteiger charge is -2.36. The number of β-amino-alcohol motifs (C(OH)–C–C–N with tert-alkyl or cyclic N) is 1. The van der Waals surface area contributed by atoms with Crippen LogP contribution in [-0.4, -0.2) is 53.3 Å². The molecule has 3 nitrogen and oxygen atoms in total. The van der Waals surface area contributed by atoms with E-state index in [1.54, 1.807) is 0 Å². The fourth-order valence-corrected chi connectivity index (χ4v) is 1.29. The molecule has 0 aromatic carbocycles. The number of aliphatic hydroxyl groups excluding tert-OH is 1. The Hall–Kier alpha value is -0.350. The molecule has 0 unspecified atom stereocenters. The highest BCUT2D eigenvalue weighted by Crippen LogP contribution is 2.04. The van der Waals surface area contributed by atoms with Gasteiger partial charge in [0.1, 0.15) is 0 Å². The van der Waals surface area contributed by atoms with E-state index in [1.165, 1.54) is 0 Å². The van der Waals surface area contributed by atoms with Crippen molar-refractivity contribution in [3.8, 4) is 0 Å². The minimum absolute atomic E-state index is 0.262. The smallest absolute Gasteiger partial charge is 0.171 e. The quantitative estimate of drug-likeness (QED) is 0.484. The normalized spacial score (nSPS) is 22.1. The summed E-state index contributed by atoms with van der Waals surface area (Å²) >= 11 is 5.04. The molecule has 0 aromatic heterocycles. The second kappa shape index (κ2) is 2.72. The lowest BCUT2D eigenvalue weighted by Crippen LogP contribution is -2.52. The molecule has 1 aliphatic rings. The van der Waals surface area contributed by atoms with E-state index < -0.39 is 0 Å². The van der Waals surface area contributed by atoms with Crippen molar-refractivity contribution in [3.05, 3.63) is 0 Å². The van der Waals surface area contributed by atoms with Gasteiger partial charge in [0.2, 0.25) is 0 Å². The van der Waals surface area contributed by atoms with Gasteiger partial charge in [-0.05, 0) is 12.2 Å². The molecule has 0 spiro atoms. The predicted octanol–water partition coefficient (Wildman–Crippen LogP) is -0.491. The average Bonchev–Trinajstić information content (AvgIpc) is 1.82. The average molecular weight is 160 g/mol. The molecule has 1 heterocycles. The lowest BCUT2D eigenvalue weighted by molar-refractivity contribution is 0.101. The summed E-state index contributed by atoms with van der Waals surface area (Å²) in [6.45, 7) is 1.31. The lowest BCUT2D eigenvalue weighted by atomic mass is 10.3. The second-order valence-corrected chi connectivity index (χ2v) is 3.06.